The molecule has 39 heavy (non-hydrogen) atoms. The Morgan fingerprint density at radius 2 is 1.21 bits per heavy atom. The first-order chi connectivity index (χ1) is 18.7. The highest BCUT2D eigenvalue weighted by Gasteiger charge is 2.46. The zero-order valence-electron chi connectivity index (χ0n) is 24.3. The molecule has 0 amide bonds. The van der Waals surface area contributed by atoms with E-state index in [0.717, 1.165) is 12.8 Å². The Morgan fingerprint density at radius 1 is 0.718 bits per heavy atom. The average Bonchev–Trinajstić information content (AvgIpc) is 2.91. The number of aliphatic hydroxyl groups excluding tert-OH is 4. The fraction of sp³-hybridized carbons (Fsp3) is 1.00. The number of unbranched alkanes of at least 4 members (excludes halogenated alkanes) is 15. The van der Waals surface area contributed by atoms with Gasteiger partial charge in [0, 0.05) is 20.1 Å². The van der Waals surface area contributed by atoms with Crippen molar-refractivity contribution >= 4 is 7.82 Å². The summed E-state index contributed by atoms with van der Waals surface area (Å²) < 4.78 is 33.0. The second kappa shape index (κ2) is 22.5. The maximum absolute atomic E-state index is 12.3. The zero-order valence-corrected chi connectivity index (χ0v) is 25.2. The quantitative estimate of drug-likeness (QED) is 0.0758. The highest BCUT2D eigenvalue weighted by Crippen LogP contribution is 2.47. The lowest BCUT2D eigenvalue weighted by molar-refractivity contribution is -0.173. The first-order valence-corrected chi connectivity index (χ1v) is 16.7. The third-order valence-electron chi connectivity index (χ3n) is 7.40. The van der Waals surface area contributed by atoms with Gasteiger partial charge in [0.05, 0.1) is 25.4 Å². The van der Waals surface area contributed by atoms with Crippen molar-refractivity contribution in [3.05, 3.63) is 0 Å². The highest BCUT2D eigenvalue weighted by molar-refractivity contribution is 7.47. The summed E-state index contributed by atoms with van der Waals surface area (Å²) in [6, 6.07) is 0. The van der Waals surface area contributed by atoms with Crippen molar-refractivity contribution in [1.29, 1.82) is 0 Å². The number of aliphatic hydroxyl groups is 4. The van der Waals surface area contributed by atoms with Gasteiger partial charge in [-0.2, -0.15) is 0 Å². The van der Waals surface area contributed by atoms with Crippen LogP contribution in [-0.4, -0.2) is 88.9 Å². The Kier molecular flexibility index (Phi) is 21.3. The van der Waals surface area contributed by atoms with Gasteiger partial charge in [0.2, 0.25) is 0 Å². The molecule has 0 radical (unpaired) electrons. The second-order valence-electron chi connectivity index (χ2n) is 10.9. The van der Waals surface area contributed by atoms with Gasteiger partial charge in [-0.3, -0.25) is 9.05 Å². The molecule has 5 N–H and O–H groups in total. The fourth-order valence-corrected chi connectivity index (χ4v) is 5.80. The molecule has 1 fully saturated rings. The Morgan fingerprint density at radius 3 is 1.69 bits per heavy atom. The molecule has 1 unspecified atom stereocenters. The number of hydrogen-bond donors (Lipinski definition) is 5. The maximum Gasteiger partial charge on any atom is 0.472 e. The van der Waals surface area contributed by atoms with Gasteiger partial charge in [0.25, 0.3) is 0 Å². The van der Waals surface area contributed by atoms with Crippen LogP contribution in [0.3, 0.4) is 0 Å². The van der Waals surface area contributed by atoms with Crippen LogP contribution in [0.25, 0.3) is 0 Å². The molecular formula is C28H57O10P. The van der Waals surface area contributed by atoms with Gasteiger partial charge in [-0.25, -0.2) is 4.57 Å². The zero-order chi connectivity index (χ0) is 28.9. The van der Waals surface area contributed by atoms with E-state index in [9.17, 15) is 29.9 Å². The molecular weight excluding hydrogens is 527 g/mol. The third-order valence-corrected chi connectivity index (χ3v) is 8.39. The van der Waals surface area contributed by atoms with Gasteiger partial charge in [0.15, 0.2) is 0 Å². The molecule has 11 heteroatoms. The molecule has 1 aliphatic rings. The lowest BCUT2D eigenvalue weighted by Crippen LogP contribution is -2.56. The summed E-state index contributed by atoms with van der Waals surface area (Å²) >= 11 is 0. The maximum atomic E-state index is 12.3. The molecule has 0 spiro atoms. The number of ether oxygens (including phenoxy) is 2. The van der Waals surface area contributed by atoms with Gasteiger partial charge in [-0.15, -0.1) is 0 Å². The van der Waals surface area contributed by atoms with Gasteiger partial charge in [-0.05, 0) is 6.42 Å². The van der Waals surface area contributed by atoms with E-state index in [0.29, 0.717) is 6.61 Å². The van der Waals surface area contributed by atoms with E-state index >= 15 is 0 Å². The largest absolute Gasteiger partial charge is 0.472 e. The first-order valence-electron chi connectivity index (χ1n) is 15.2. The van der Waals surface area contributed by atoms with Crippen molar-refractivity contribution in [2.75, 3.05) is 26.9 Å². The van der Waals surface area contributed by atoms with Crippen LogP contribution in [0.4, 0.5) is 0 Å². The van der Waals surface area contributed by atoms with Crippen LogP contribution in [0.1, 0.15) is 116 Å². The number of phosphoric acid groups is 1. The third kappa shape index (κ3) is 17.4. The van der Waals surface area contributed by atoms with Gasteiger partial charge >= 0.3 is 7.82 Å². The van der Waals surface area contributed by atoms with Crippen molar-refractivity contribution < 1.29 is 48.4 Å². The lowest BCUT2D eigenvalue weighted by Gasteiger charge is -2.38. The van der Waals surface area contributed by atoms with Crippen molar-refractivity contribution in [3.8, 4) is 0 Å². The lowest BCUT2D eigenvalue weighted by atomic mass is 9.87. The van der Waals surface area contributed by atoms with Crippen LogP contribution < -0.4 is 0 Å². The number of methoxy groups -OCH3 is 1. The summed E-state index contributed by atoms with van der Waals surface area (Å²) in [4.78, 5) is 9.97. The van der Waals surface area contributed by atoms with E-state index in [-0.39, 0.29) is 19.6 Å². The van der Waals surface area contributed by atoms with E-state index in [4.69, 9.17) is 18.5 Å². The molecule has 0 aromatic heterocycles. The number of hydrogen-bond acceptors (Lipinski definition) is 9. The van der Waals surface area contributed by atoms with Crippen molar-refractivity contribution in [2.24, 2.45) is 0 Å². The predicted molar refractivity (Wildman–Crippen MR) is 150 cm³/mol. The smallest absolute Gasteiger partial charge is 0.390 e. The van der Waals surface area contributed by atoms with E-state index in [1.165, 1.54) is 97.0 Å². The number of rotatable bonds is 25. The molecule has 1 saturated carbocycles. The van der Waals surface area contributed by atoms with Crippen molar-refractivity contribution in [1.82, 2.24) is 0 Å². The summed E-state index contributed by atoms with van der Waals surface area (Å²) in [6.07, 6.45) is 12.2. The standard InChI is InChI=1S/C28H57O10P/c1-3-4-5-6-7-8-9-10-11-12-13-14-15-16-17-18-19-36-21-23(35-2)22-37-39(33,34)38-28-25(30)20-24(29)26(31)27(28)32/h23-32H,3-22H2,1-2H3,(H,33,34)/t23-,24-,25-,26+,27+,28-/m1/s1. The van der Waals surface area contributed by atoms with Gasteiger partial charge < -0.3 is 34.8 Å². The first kappa shape index (κ1) is 36.9. The molecule has 1 rings (SSSR count). The van der Waals surface area contributed by atoms with Crippen LogP contribution in [0.2, 0.25) is 0 Å². The monoisotopic (exact) mass is 584 g/mol. The molecule has 0 aliphatic heterocycles. The minimum Gasteiger partial charge on any atom is -0.390 e. The molecule has 0 aromatic rings. The minimum absolute atomic E-state index is 0.175. The molecule has 234 valence electrons. The van der Waals surface area contributed by atoms with E-state index in [1.807, 2.05) is 0 Å². The second-order valence-corrected chi connectivity index (χ2v) is 12.3. The van der Waals surface area contributed by atoms with Gasteiger partial charge in [-0.1, -0.05) is 103 Å². The molecule has 0 aromatic carbocycles. The summed E-state index contributed by atoms with van der Waals surface area (Å²) in [5.41, 5.74) is 0. The van der Waals surface area contributed by atoms with Crippen LogP contribution >= 0.6 is 7.82 Å². The van der Waals surface area contributed by atoms with Crippen molar-refractivity contribution in [2.45, 2.75) is 153 Å². The van der Waals surface area contributed by atoms with Crippen LogP contribution in [0.15, 0.2) is 0 Å². The Balaban J connectivity index is 2.00. The molecule has 0 bridgehead atoms. The van der Waals surface area contributed by atoms with Gasteiger partial charge in [0.1, 0.15) is 24.4 Å². The summed E-state index contributed by atoms with van der Waals surface area (Å²) in [5, 5.41) is 39.2. The SMILES string of the molecule is CCCCCCCCCCCCCCCCCCOC[C@H](COP(=O)(O)O[C@H]1[C@@H](O)[C@@H](O)[C@H](O)C[C@H]1O)OC. The summed E-state index contributed by atoms with van der Waals surface area (Å²) in [5.74, 6) is 0. The predicted octanol–water partition coefficient (Wildman–Crippen LogP) is 4.63. The molecule has 1 aliphatic carbocycles. The van der Waals surface area contributed by atoms with Crippen LogP contribution in [0, 0.1) is 0 Å². The van der Waals surface area contributed by atoms with E-state index in [1.54, 1.807) is 0 Å². The molecule has 0 heterocycles. The fourth-order valence-electron chi connectivity index (χ4n) is 4.82. The Labute approximate surface area is 236 Å². The highest BCUT2D eigenvalue weighted by atomic mass is 31.2. The molecule has 10 nitrogen and oxygen atoms in total. The molecule has 0 saturated heterocycles. The minimum atomic E-state index is -4.68. The van der Waals surface area contributed by atoms with E-state index < -0.39 is 44.4 Å². The molecule has 7 atom stereocenters. The topological polar surface area (TPSA) is 155 Å². The van der Waals surface area contributed by atoms with Crippen molar-refractivity contribution in [3.63, 3.8) is 0 Å². The Bertz CT molecular complexity index is 625. The summed E-state index contributed by atoms with van der Waals surface area (Å²) in [6.45, 7) is 2.70. The Hall–Kier alpha value is -0.130. The summed E-state index contributed by atoms with van der Waals surface area (Å²) in [7, 11) is -3.24. The van der Waals surface area contributed by atoms with Crippen LogP contribution in [-0.2, 0) is 23.1 Å². The average molecular weight is 585 g/mol. The van der Waals surface area contributed by atoms with E-state index in [2.05, 4.69) is 6.92 Å². The normalized spacial score (nSPS) is 26.0. The number of phosphoric ester groups is 1. The van der Waals surface area contributed by atoms with Crippen LogP contribution in [0.5, 0.6) is 0 Å².